The molecule has 1 aliphatic rings. The Morgan fingerprint density at radius 3 is 2.43 bits per heavy atom. The van der Waals surface area contributed by atoms with Crippen LogP contribution in [-0.4, -0.2) is 18.3 Å². The molecule has 0 unspecified atom stereocenters. The summed E-state index contributed by atoms with van der Waals surface area (Å²) in [6.07, 6.45) is 0. The molecular weight excluding hydrogens is 200 g/mol. The Morgan fingerprint density at radius 2 is 1.93 bits per heavy atom. The molecule has 3 heteroatoms. The summed E-state index contributed by atoms with van der Waals surface area (Å²) in [5, 5.41) is 10.9. The molecule has 0 radical (unpaired) electrons. The second kappa shape index (κ2) is 3.23. The molecule has 0 bridgehead atoms. The first kappa shape index (κ1) is 9.97. The zero-order valence-electron chi connectivity index (χ0n) is 8.30. The van der Waals surface area contributed by atoms with Gasteiger partial charge in [-0.3, -0.25) is 0 Å². The molecule has 0 aliphatic carbocycles. The molecule has 2 nitrogen and oxygen atoms in total. The van der Waals surface area contributed by atoms with Crippen LogP contribution < -0.4 is 0 Å². The third-order valence-electron chi connectivity index (χ3n) is 2.90. The van der Waals surface area contributed by atoms with Crippen molar-refractivity contribution in [2.45, 2.75) is 19.4 Å². The molecule has 14 heavy (non-hydrogen) atoms. The highest BCUT2D eigenvalue weighted by molar-refractivity contribution is 6.31. The number of rotatable bonds is 1. The molecule has 76 valence electrons. The van der Waals surface area contributed by atoms with Crippen LogP contribution in [0.1, 0.15) is 16.7 Å². The SMILES string of the molecule is Cc1c(Cl)ccc(C2(O)COC2)c1C. The zero-order valence-corrected chi connectivity index (χ0v) is 9.06. The Morgan fingerprint density at radius 1 is 1.29 bits per heavy atom. The van der Waals surface area contributed by atoms with E-state index < -0.39 is 5.60 Å². The standard InChI is InChI=1S/C11H13ClO2/c1-7-8(2)10(12)4-3-9(7)11(13)5-14-6-11/h3-4,13H,5-6H2,1-2H3. The second-order valence-electron chi connectivity index (χ2n) is 3.87. The Labute approximate surface area is 88.5 Å². The summed E-state index contributed by atoms with van der Waals surface area (Å²) in [5.74, 6) is 0. The van der Waals surface area contributed by atoms with Gasteiger partial charge in [-0.05, 0) is 36.6 Å². The van der Waals surface area contributed by atoms with Crippen molar-refractivity contribution in [3.63, 3.8) is 0 Å². The molecule has 1 saturated heterocycles. The number of benzene rings is 1. The van der Waals surface area contributed by atoms with Crippen LogP contribution >= 0.6 is 11.6 Å². The minimum Gasteiger partial charge on any atom is -0.380 e. The third-order valence-corrected chi connectivity index (χ3v) is 3.31. The summed E-state index contributed by atoms with van der Waals surface area (Å²) in [6.45, 7) is 4.71. The van der Waals surface area contributed by atoms with Gasteiger partial charge in [-0.2, -0.15) is 0 Å². The highest BCUT2D eigenvalue weighted by Gasteiger charge is 2.39. The Bertz CT molecular complexity index is 370. The van der Waals surface area contributed by atoms with E-state index >= 15 is 0 Å². The fourth-order valence-electron chi connectivity index (χ4n) is 1.74. The summed E-state index contributed by atoms with van der Waals surface area (Å²) in [5.41, 5.74) is 2.23. The number of hydrogen-bond donors (Lipinski definition) is 1. The molecule has 0 saturated carbocycles. The van der Waals surface area contributed by atoms with Crippen LogP contribution in [0.5, 0.6) is 0 Å². The topological polar surface area (TPSA) is 29.5 Å². The van der Waals surface area contributed by atoms with Crippen molar-refractivity contribution < 1.29 is 9.84 Å². The zero-order chi connectivity index (χ0) is 10.3. The van der Waals surface area contributed by atoms with E-state index in [4.69, 9.17) is 16.3 Å². The lowest BCUT2D eigenvalue weighted by Crippen LogP contribution is -2.47. The van der Waals surface area contributed by atoms with E-state index in [9.17, 15) is 5.11 Å². The van der Waals surface area contributed by atoms with E-state index in [1.165, 1.54) is 0 Å². The first-order chi connectivity index (χ1) is 6.54. The van der Waals surface area contributed by atoms with Gasteiger partial charge in [0.2, 0.25) is 0 Å². The van der Waals surface area contributed by atoms with Gasteiger partial charge in [0, 0.05) is 5.02 Å². The van der Waals surface area contributed by atoms with Gasteiger partial charge in [0.1, 0.15) is 5.60 Å². The predicted octanol–water partition coefficient (Wildman–Crippen LogP) is 2.17. The maximum atomic E-state index is 10.1. The molecule has 1 heterocycles. The highest BCUT2D eigenvalue weighted by Crippen LogP contribution is 2.34. The van der Waals surface area contributed by atoms with Gasteiger partial charge >= 0.3 is 0 Å². The summed E-state index contributed by atoms with van der Waals surface area (Å²) in [6, 6.07) is 3.71. The van der Waals surface area contributed by atoms with Crippen molar-refractivity contribution in [2.75, 3.05) is 13.2 Å². The molecule has 1 aromatic carbocycles. The third kappa shape index (κ3) is 1.34. The maximum absolute atomic E-state index is 10.1. The smallest absolute Gasteiger partial charge is 0.136 e. The van der Waals surface area contributed by atoms with Crippen LogP contribution in [0.25, 0.3) is 0 Å². The normalized spacial score (nSPS) is 19.1. The number of halogens is 1. The lowest BCUT2D eigenvalue weighted by molar-refractivity contribution is -0.184. The van der Waals surface area contributed by atoms with E-state index in [-0.39, 0.29) is 0 Å². The van der Waals surface area contributed by atoms with E-state index in [1.807, 2.05) is 26.0 Å². The van der Waals surface area contributed by atoms with Gasteiger partial charge in [0.05, 0.1) is 13.2 Å². The Balaban J connectivity index is 2.49. The first-order valence-corrected chi connectivity index (χ1v) is 4.99. The van der Waals surface area contributed by atoms with E-state index in [0.29, 0.717) is 13.2 Å². The van der Waals surface area contributed by atoms with Crippen LogP contribution in [0.2, 0.25) is 5.02 Å². The fourth-order valence-corrected chi connectivity index (χ4v) is 1.95. The van der Waals surface area contributed by atoms with Crippen LogP contribution in [-0.2, 0) is 10.3 Å². The minimum absolute atomic E-state index is 0.384. The van der Waals surface area contributed by atoms with Gasteiger partial charge in [-0.1, -0.05) is 17.7 Å². The predicted molar refractivity (Wildman–Crippen MR) is 55.6 cm³/mol. The second-order valence-corrected chi connectivity index (χ2v) is 4.28. The molecule has 1 fully saturated rings. The molecule has 0 atom stereocenters. The van der Waals surface area contributed by atoms with E-state index in [1.54, 1.807) is 0 Å². The first-order valence-electron chi connectivity index (χ1n) is 4.61. The van der Waals surface area contributed by atoms with Crippen LogP contribution in [0, 0.1) is 13.8 Å². The van der Waals surface area contributed by atoms with Crippen molar-refractivity contribution >= 4 is 11.6 Å². The average molecular weight is 213 g/mol. The van der Waals surface area contributed by atoms with Crippen LogP contribution in [0.4, 0.5) is 0 Å². The molecule has 2 rings (SSSR count). The summed E-state index contributed by atoms with van der Waals surface area (Å²) >= 11 is 5.98. The van der Waals surface area contributed by atoms with Gasteiger partial charge in [0.15, 0.2) is 0 Å². The number of aliphatic hydroxyl groups is 1. The number of ether oxygens (including phenoxy) is 1. The Kier molecular flexibility index (Phi) is 2.30. The summed E-state index contributed by atoms with van der Waals surface area (Å²) < 4.78 is 5.03. The van der Waals surface area contributed by atoms with Crippen LogP contribution in [0.3, 0.4) is 0 Å². The molecule has 1 aromatic rings. The molecule has 1 aliphatic heterocycles. The lowest BCUT2D eigenvalue weighted by atomic mass is 9.87. The van der Waals surface area contributed by atoms with Gasteiger partial charge in [0.25, 0.3) is 0 Å². The summed E-state index contributed by atoms with van der Waals surface area (Å²) in [7, 11) is 0. The fraction of sp³-hybridized carbons (Fsp3) is 0.455. The number of hydrogen-bond acceptors (Lipinski definition) is 2. The van der Waals surface area contributed by atoms with Gasteiger partial charge in [-0.25, -0.2) is 0 Å². The van der Waals surface area contributed by atoms with Crippen molar-refractivity contribution in [3.05, 3.63) is 33.8 Å². The van der Waals surface area contributed by atoms with E-state index in [2.05, 4.69) is 0 Å². The van der Waals surface area contributed by atoms with Crippen LogP contribution in [0.15, 0.2) is 12.1 Å². The van der Waals surface area contributed by atoms with Gasteiger partial charge in [-0.15, -0.1) is 0 Å². The molecular formula is C11H13ClO2. The van der Waals surface area contributed by atoms with Crippen molar-refractivity contribution in [3.8, 4) is 0 Å². The van der Waals surface area contributed by atoms with Crippen molar-refractivity contribution in [1.82, 2.24) is 0 Å². The van der Waals surface area contributed by atoms with E-state index in [0.717, 1.165) is 21.7 Å². The summed E-state index contributed by atoms with van der Waals surface area (Å²) in [4.78, 5) is 0. The lowest BCUT2D eigenvalue weighted by Gasteiger charge is -2.38. The monoisotopic (exact) mass is 212 g/mol. The largest absolute Gasteiger partial charge is 0.380 e. The quantitative estimate of drug-likeness (QED) is 0.773. The average Bonchev–Trinajstić information content (AvgIpc) is 2.11. The van der Waals surface area contributed by atoms with Crippen molar-refractivity contribution in [1.29, 1.82) is 0 Å². The minimum atomic E-state index is -0.792. The molecule has 0 spiro atoms. The molecule has 0 amide bonds. The Hall–Kier alpha value is -0.570. The maximum Gasteiger partial charge on any atom is 0.136 e. The van der Waals surface area contributed by atoms with Crippen molar-refractivity contribution in [2.24, 2.45) is 0 Å². The molecule has 0 aromatic heterocycles. The van der Waals surface area contributed by atoms with Gasteiger partial charge < -0.3 is 9.84 Å². The highest BCUT2D eigenvalue weighted by atomic mass is 35.5. The molecule has 1 N–H and O–H groups in total.